The maximum absolute atomic E-state index is 14.2. The average Bonchev–Trinajstić information content (AvgIpc) is 3.42. The Morgan fingerprint density at radius 2 is 1.93 bits per heavy atom. The van der Waals surface area contributed by atoms with E-state index in [9.17, 15) is 9.18 Å². The van der Waals surface area contributed by atoms with Crippen LogP contribution in [0, 0.1) is 11.2 Å². The van der Waals surface area contributed by atoms with Crippen molar-refractivity contribution in [3.8, 4) is 17.2 Å². The fourth-order valence-corrected chi connectivity index (χ4v) is 6.01. The van der Waals surface area contributed by atoms with Gasteiger partial charge in [0.25, 0.3) is 5.91 Å². The van der Waals surface area contributed by atoms with Crippen LogP contribution in [-0.2, 0) is 13.1 Å². The maximum Gasteiger partial charge on any atom is 0.257 e. The molecule has 1 N–H and O–H groups in total. The molecule has 0 bridgehead atoms. The summed E-state index contributed by atoms with van der Waals surface area (Å²) in [5, 5.41) is 3.34. The van der Waals surface area contributed by atoms with Crippen molar-refractivity contribution in [3.05, 3.63) is 65.6 Å². The Kier molecular flexibility index (Phi) is 8.40. The van der Waals surface area contributed by atoms with Gasteiger partial charge >= 0.3 is 0 Å². The number of benzene rings is 1. The van der Waals surface area contributed by atoms with Gasteiger partial charge in [-0.3, -0.25) is 9.78 Å². The summed E-state index contributed by atoms with van der Waals surface area (Å²) >= 11 is 0. The van der Waals surface area contributed by atoms with Crippen molar-refractivity contribution in [3.63, 3.8) is 0 Å². The van der Waals surface area contributed by atoms with E-state index in [0.717, 1.165) is 50.5 Å². The van der Waals surface area contributed by atoms with Crippen molar-refractivity contribution in [1.82, 2.24) is 25.2 Å². The van der Waals surface area contributed by atoms with Crippen LogP contribution in [0.25, 0.3) is 0 Å². The highest BCUT2D eigenvalue weighted by atomic mass is 19.1. The van der Waals surface area contributed by atoms with Gasteiger partial charge in [-0.2, -0.15) is 0 Å². The minimum Gasteiger partial charge on any atom is -0.490 e. The van der Waals surface area contributed by atoms with Crippen molar-refractivity contribution in [2.45, 2.75) is 72.7 Å². The van der Waals surface area contributed by atoms with E-state index in [-0.39, 0.29) is 34.8 Å². The topological polar surface area (TPSA) is 92.7 Å². The molecule has 1 saturated heterocycles. The zero-order valence-corrected chi connectivity index (χ0v) is 24.5. The van der Waals surface area contributed by atoms with E-state index >= 15 is 0 Å². The van der Waals surface area contributed by atoms with Crippen molar-refractivity contribution in [1.29, 1.82) is 0 Å². The fraction of sp³-hybridized carbons (Fsp3) is 0.484. The lowest BCUT2D eigenvalue weighted by Crippen LogP contribution is -2.65. The van der Waals surface area contributed by atoms with Crippen LogP contribution >= 0.6 is 0 Å². The van der Waals surface area contributed by atoms with Crippen LogP contribution in [-0.4, -0.2) is 57.5 Å². The number of nitrogens with one attached hydrogen (secondary N) is 1. The lowest BCUT2D eigenvalue weighted by molar-refractivity contribution is -0.0348. The lowest BCUT2D eigenvalue weighted by Gasteiger charge is -2.58. The number of carbonyl (C=O) groups is 1. The molecule has 2 fully saturated rings. The van der Waals surface area contributed by atoms with Gasteiger partial charge in [0.1, 0.15) is 29.7 Å². The molecule has 1 saturated carbocycles. The quantitative estimate of drug-likeness (QED) is 0.393. The number of nitrogens with zero attached hydrogens (tertiary/aromatic N) is 5. The molecule has 2 aromatic heterocycles. The first-order valence-corrected chi connectivity index (χ1v) is 14.5. The summed E-state index contributed by atoms with van der Waals surface area (Å²) in [6, 6.07) is 5.95. The second kappa shape index (κ2) is 12.0. The molecule has 1 aliphatic carbocycles. The number of pyridine rings is 1. The van der Waals surface area contributed by atoms with Crippen molar-refractivity contribution >= 4 is 11.7 Å². The highest BCUT2D eigenvalue weighted by molar-refractivity contribution is 5.97. The summed E-state index contributed by atoms with van der Waals surface area (Å²) in [4.78, 5) is 30.2. The van der Waals surface area contributed by atoms with E-state index in [0.29, 0.717) is 18.1 Å². The highest BCUT2D eigenvalue weighted by Crippen LogP contribution is 2.52. The molecule has 1 spiro atoms. The Hall–Kier alpha value is -3.79. The SMILES string of the molecule is CC.CCN(C(=O)c1cc(F)ccc1Oc1cncnc1N1CC2(CC(Oc3ccnc4c3CNC4)C2)C1)C(C)C. The molecule has 1 aromatic carbocycles. The summed E-state index contributed by atoms with van der Waals surface area (Å²) in [5.41, 5.74) is 2.62. The number of rotatable bonds is 8. The van der Waals surface area contributed by atoms with E-state index in [4.69, 9.17) is 9.47 Å². The first kappa shape index (κ1) is 28.7. The first-order chi connectivity index (χ1) is 19.9. The molecular formula is C31H39FN6O3. The predicted molar refractivity (Wildman–Crippen MR) is 155 cm³/mol. The Labute approximate surface area is 241 Å². The van der Waals surface area contributed by atoms with Gasteiger partial charge < -0.3 is 24.6 Å². The minimum absolute atomic E-state index is 0.0297. The molecule has 4 heterocycles. The first-order valence-electron chi connectivity index (χ1n) is 14.5. The third-order valence-electron chi connectivity index (χ3n) is 7.94. The average molecular weight is 563 g/mol. The number of aromatic nitrogens is 3. The monoisotopic (exact) mass is 562 g/mol. The molecule has 1 amide bonds. The molecule has 3 aliphatic rings. The molecule has 10 heteroatoms. The Balaban J connectivity index is 0.00000165. The zero-order chi connectivity index (χ0) is 29.1. The van der Waals surface area contributed by atoms with Gasteiger partial charge in [0, 0.05) is 55.9 Å². The molecule has 0 radical (unpaired) electrons. The highest BCUT2D eigenvalue weighted by Gasteiger charge is 2.54. The van der Waals surface area contributed by atoms with Gasteiger partial charge in [-0.05, 0) is 57.9 Å². The Morgan fingerprint density at radius 1 is 1.15 bits per heavy atom. The van der Waals surface area contributed by atoms with E-state index in [1.807, 2.05) is 46.9 Å². The van der Waals surface area contributed by atoms with Crippen LogP contribution in [0.5, 0.6) is 17.2 Å². The van der Waals surface area contributed by atoms with E-state index in [1.54, 1.807) is 11.1 Å². The minimum atomic E-state index is -0.491. The molecule has 218 valence electrons. The van der Waals surface area contributed by atoms with Crippen LogP contribution in [0.1, 0.15) is 69.1 Å². The second-order valence-electron chi connectivity index (χ2n) is 11.0. The summed E-state index contributed by atoms with van der Waals surface area (Å²) in [7, 11) is 0. The van der Waals surface area contributed by atoms with Crippen LogP contribution in [0.4, 0.5) is 10.2 Å². The predicted octanol–water partition coefficient (Wildman–Crippen LogP) is 5.35. The number of carbonyl (C=O) groups excluding carboxylic acids is 1. The van der Waals surface area contributed by atoms with E-state index in [2.05, 4.69) is 25.2 Å². The number of anilines is 1. The van der Waals surface area contributed by atoms with Crippen LogP contribution in [0.3, 0.4) is 0 Å². The lowest BCUT2D eigenvalue weighted by atomic mass is 9.61. The summed E-state index contributed by atoms with van der Waals surface area (Å²) in [6.07, 6.45) is 7.06. The third-order valence-corrected chi connectivity index (χ3v) is 7.94. The molecular weight excluding hydrogens is 523 g/mol. The standard InChI is InChI=1S/C29H33FN6O3.C2H6/c1-4-36(18(2)3)28(37)21-9-19(30)5-6-24(21)39-26-14-32-17-34-27(26)35-15-29(16-35)10-20(11-29)38-25-7-8-33-23-13-31-12-22(23)25;1-2/h5-9,14,17-18,20,31H,4,10-13,15-16H2,1-3H3;1-2H3. The summed E-state index contributed by atoms with van der Waals surface area (Å²) in [6.45, 7) is 13.5. The van der Waals surface area contributed by atoms with Crippen LogP contribution < -0.4 is 19.7 Å². The maximum atomic E-state index is 14.2. The molecule has 2 aliphatic heterocycles. The number of amides is 1. The molecule has 41 heavy (non-hydrogen) atoms. The number of hydrogen-bond acceptors (Lipinski definition) is 8. The van der Waals surface area contributed by atoms with Gasteiger partial charge in [0.05, 0.1) is 17.5 Å². The van der Waals surface area contributed by atoms with Gasteiger partial charge in [-0.25, -0.2) is 14.4 Å². The summed E-state index contributed by atoms with van der Waals surface area (Å²) in [5.74, 6) is 1.55. The number of fused-ring (bicyclic) bond motifs is 1. The molecule has 0 atom stereocenters. The van der Waals surface area contributed by atoms with E-state index in [1.165, 1.54) is 30.1 Å². The normalized spacial score (nSPS) is 16.8. The molecule has 6 rings (SSSR count). The van der Waals surface area contributed by atoms with Crippen molar-refractivity contribution < 1.29 is 18.7 Å². The van der Waals surface area contributed by atoms with Crippen molar-refractivity contribution in [2.24, 2.45) is 5.41 Å². The summed E-state index contributed by atoms with van der Waals surface area (Å²) < 4.78 is 26.7. The third kappa shape index (κ3) is 5.70. The Morgan fingerprint density at radius 3 is 2.66 bits per heavy atom. The Bertz CT molecular complexity index is 1390. The molecule has 9 nitrogen and oxygen atoms in total. The second-order valence-corrected chi connectivity index (χ2v) is 11.0. The van der Waals surface area contributed by atoms with Gasteiger partial charge in [-0.1, -0.05) is 13.8 Å². The number of halogens is 1. The van der Waals surface area contributed by atoms with E-state index < -0.39 is 5.82 Å². The number of hydrogen-bond donors (Lipinski definition) is 1. The van der Waals surface area contributed by atoms with Crippen LogP contribution in [0.15, 0.2) is 43.0 Å². The number of ether oxygens (including phenoxy) is 2. The van der Waals surface area contributed by atoms with Gasteiger partial charge in [0.15, 0.2) is 11.6 Å². The van der Waals surface area contributed by atoms with Gasteiger partial charge in [-0.15, -0.1) is 0 Å². The smallest absolute Gasteiger partial charge is 0.257 e. The van der Waals surface area contributed by atoms with Crippen molar-refractivity contribution in [2.75, 3.05) is 24.5 Å². The fourth-order valence-electron chi connectivity index (χ4n) is 6.01. The molecule has 0 unspecified atom stereocenters. The van der Waals surface area contributed by atoms with Crippen LogP contribution in [0.2, 0.25) is 0 Å². The molecule has 3 aromatic rings. The zero-order valence-electron chi connectivity index (χ0n) is 24.5. The van der Waals surface area contributed by atoms with Gasteiger partial charge in [0.2, 0.25) is 0 Å². The largest absolute Gasteiger partial charge is 0.490 e.